The highest BCUT2D eigenvalue weighted by molar-refractivity contribution is 5.90. The number of ether oxygens (including phenoxy) is 2. The minimum Gasteiger partial charge on any atom is -0.481 e. The molecule has 5 nitrogen and oxygen atoms in total. The van der Waals surface area contributed by atoms with Gasteiger partial charge in [-0.25, -0.2) is 0 Å². The normalized spacial score (nSPS) is 15.1. The fourth-order valence-electron chi connectivity index (χ4n) is 2.77. The number of fused-ring (bicyclic) bond motifs is 2. The van der Waals surface area contributed by atoms with Gasteiger partial charge in [-0.2, -0.15) is 0 Å². The molecule has 0 bridgehead atoms. The number of carbonyl (C=O) groups excluding carboxylic acids is 1. The van der Waals surface area contributed by atoms with Crippen molar-refractivity contribution in [2.45, 2.75) is 25.9 Å². The number of benzene rings is 2. The molecule has 118 valence electrons. The molecule has 2 aromatic rings. The van der Waals surface area contributed by atoms with Gasteiger partial charge in [-0.15, -0.1) is 0 Å². The van der Waals surface area contributed by atoms with Crippen LogP contribution in [0.25, 0.3) is 0 Å². The van der Waals surface area contributed by atoms with E-state index in [9.17, 15) is 9.59 Å². The first-order valence-corrected chi connectivity index (χ1v) is 7.40. The molecule has 1 unspecified atom stereocenters. The first-order valence-electron chi connectivity index (χ1n) is 7.40. The Balaban J connectivity index is 2.06. The fourth-order valence-corrected chi connectivity index (χ4v) is 2.77. The minimum absolute atomic E-state index is 0.612. The van der Waals surface area contributed by atoms with E-state index >= 15 is 0 Å². The van der Waals surface area contributed by atoms with Gasteiger partial charge in [-0.3, -0.25) is 9.59 Å². The van der Waals surface area contributed by atoms with Gasteiger partial charge in [-0.1, -0.05) is 37.3 Å². The second-order valence-corrected chi connectivity index (χ2v) is 5.26. The number of carbonyl (C=O) groups is 2. The number of aliphatic carboxylic acids is 1. The SMILES string of the molecule is CCc1cccc2c1C(OC(=O)CC(=O)O)c1ccccc1O2. The van der Waals surface area contributed by atoms with Crippen molar-refractivity contribution in [3.8, 4) is 11.5 Å². The maximum Gasteiger partial charge on any atom is 0.318 e. The Bertz CT molecular complexity index is 766. The van der Waals surface area contributed by atoms with Crippen LogP contribution in [0.4, 0.5) is 0 Å². The number of para-hydroxylation sites is 1. The smallest absolute Gasteiger partial charge is 0.318 e. The zero-order valence-electron chi connectivity index (χ0n) is 12.6. The van der Waals surface area contributed by atoms with Crippen molar-refractivity contribution >= 4 is 11.9 Å². The summed E-state index contributed by atoms with van der Waals surface area (Å²) in [7, 11) is 0. The van der Waals surface area contributed by atoms with Crippen LogP contribution >= 0.6 is 0 Å². The van der Waals surface area contributed by atoms with Gasteiger partial charge < -0.3 is 14.6 Å². The van der Waals surface area contributed by atoms with E-state index in [1.165, 1.54) is 0 Å². The molecule has 1 heterocycles. The van der Waals surface area contributed by atoms with Crippen molar-refractivity contribution in [1.29, 1.82) is 0 Å². The van der Waals surface area contributed by atoms with Gasteiger partial charge in [0.15, 0.2) is 6.10 Å². The fraction of sp³-hybridized carbons (Fsp3) is 0.222. The number of hydrogen-bond acceptors (Lipinski definition) is 4. The molecule has 2 aromatic carbocycles. The van der Waals surface area contributed by atoms with Crippen molar-refractivity contribution in [2.24, 2.45) is 0 Å². The Labute approximate surface area is 133 Å². The molecule has 1 aliphatic rings. The van der Waals surface area contributed by atoms with Gasteiger partial charge in [0.2, 0.25) is 0 Å². The standard InChI is InChI=1S/C18H16O5/c1-2-11-6-5-9-14-17(11)18(23-16(21)10-15(19)20)12-7-3-4-8-13(12)22-14/h3-9,18H,2,10H2,1H3,(H,19,20). The third kappa shape index (κ3) is 2.90. The molecule has 0 aliphatic carbocycles. The van der Waals surface area contributed by atoms with Crippen molar-refractivity contribution in [1.82, 2.24) is 0 Å². The Morgan fingerprint density at radius 3 is 2.61 bits per heavy atom. The highest BCUT2D eigenvalue weighted by Crippen LogP contribution is 2.46. The van der Waals surface area contributed by atoms with Gasteiger partial charge in [0.1, 0.15) is 17.9 Å². The number of aryl methyl sites for hydroxylation is 1. The number of carboxylic acid groups (broad SMARTS) is 1. The molecule has 0 saturated carbocycles. The summed E-state index contributed by atoms with van der Waals surface area (Å²) < 4.78 is 11.4. The molecule has 1 aliphatic heterocycles. The zero-order chi connectivity index (χ0) is 16.4. The predicted molar refractivity (Wildman–Crippen MR) is 82.5 cm³/mol. The van der Waals surface area contributed by atoms with E-state index < -0.39 is 24.5 Å². The van der Waals surface area contributed by atoms with Crippen LogP contribution < -0.4 is 4.74 Å². The Hall–Kier alpha value is -2.82. The monoisotopic (exact) mass is 312 g/mol. The third-order valence-corrected chi connectivity index (χ3v) is 3.77. The largest absolute Gasteiger partial charge is 0.481 e. The molecule has 0 amide bonds. The molecule has 1 N–H and O–H groups in total. The van der Waals surface area contributed by atoms with Crippen molar-refractivity contribution < 1.29 is 24.2 Å². The Kier molecular flexibility index (Phi) is 4.02. The van der Waals surface area contributed by atoms with Gasteiger partial charge in [-0.05, 0) is 24.1 Å². The van der Waals surface area contributed by atoms with Crippen molar-refractivity contribution in [3.05, 3.63) is 59.2 Å². The Morgan fingerprint density at radius 1 is 1.13 bits per heavy atom. The highest BCUT2D eigenvalue weighted by atomic mass is 16.6. The molecule has 1 atom stereocenters. The average molecular weight is 312 g/mol. The summed E-state index contributed by atoms with van der Waals surface area (Å²) in [4.78, 5) is 22.6. The van der Waals surface area contributed by atoms with E-state index in [0.717, 1.165) is 23.1 Å². The quantitative estimate of drug-likeness (QED) is 0.691. The van der Waals surface area contributed by atoms with Crippen molar-refractivity contribution in [2.75, 3.05) is 0 Å². The summed E-state index contributed by atoms with van der Waals surface area (Å²) in [5, 5.41) is 8.78. The van der Waals surface area contributed by atoms with E-state index in [2.05, 4.69) is 0 Å². The van der Waals surface area contributed by atoms with Crippen LogP contribution in [0.5, 0.6) is 11.5 Å². The van der Waals surface area contributed by atoms with Crippen LogP contribution in [-0.2, 0) is 20.7 Å². The maximum absolute atomic E-state index is 11.9. The summed E-state index contributed by atoms with van der Waals surface area (Å²) in [5.41, 5.74) is 2.51. The van der Waals surface area contributed by atoms with Crippen LogP contribution in [0.15, 0.2) is 42.5 Å². The van der Waals surface area contributed by atoms with Crippen LogP contribution in [-0.4, -0.2) is 17.0 Å². The minimum atomic E-state index is -1.21. The van der Waals surface area contributed by atoms with Gasteiger partial charge in [0, 0.05) is 11.1 Å². The molecule has 5 heteroatoms. The molecule has 3 rings (SSSR count). The van der Waals surface area contributed by atoms with E-state index in [0.29, 0.717) is 11.5 Å². The first-order chi connectivity index (χ1) is 11.1. The summed E-state index contributed by atoms with van der Waals surface area (Å²) >= 11 is 0. The molecule has 0 fully saturated rings. The number of carboxylic acids is 1. The molecule has 0 saturated heterocycles. The van der Waals surface area contributed by atoms with E-state index in [4.69, 9.17) is 14.6 Å². The molecular weight excluding hydrogens is 296 g/mol. The number of esters is 1. The van der Waals surface area contributed by atoms with E-state index in [-0.39, 0.29) is 0 Å². The lowest BCUT2D eigenvalue weighted by molar-refractivity contribution is -0.154. The topological polar surface area (TPSA) is 72.8 Å². The molecule has 0 spiro atoms. The van der Waals surface area contributed by atoms with Crippen molar-refractivity contribution in [3.63, 3.8) is 0 Å². The first kappa shape index (κ1) is 15.1. The Morgan fingerprint density at radius 2 is 1.87 bits per heavy atom. The second-order valence-electron chi connectivity index (χ2n) is 5.26. The number of hydrogen-bond donors (Lipinski definition) is 1. The summed E-state index contributed by atoms with van der Waals surface area (Å²) in [6, 6.07) is 13.0. The molecule has 0 aromatic heterocycles. The highest BCUT2D eigenvalue weighted by Gasteiger charge is 2.32. The molecule has 0 radical (unpaired) electrons. The lowest BCUT2D eigenvalue weighted by Gasteiger charge is -2.29. The lowest BCUT2D eigenvalue weighted by Crippen LogP contribution is -2.20. The van der Waals surface area contributed by atoms with Crippen LogP contribution in [0.2, 0.25) is 0 Å². The van der Waals surface area contributed by atoms with Gasteiger partial charge in [0.05, 0.1) is 0 Å². The number of rotatable bonds is 4. The predicted octanol–water partition coefficient (Wildman–Crippen LogP) is 3.46. The van der Waals surface area contributed by atoms with Crippen LogP contribution in [0, 0.1) is 0 Å². The summed E-state index contributed by atoms with van der Waals surface area (Å²) in [5.74, 6) is -0.729. The second kappa shape index (κ2) is 6.12. The summed E-state index contributed by atoms with van der Waals surface area (Å²) in [6.45, 7) is 2.01. The van der Waals surface area contributed by atoms with Gasteiger partial charge >= 0.3 is 11.9 Å². The maximum atomic E-state index is 11.9. The molecular formula is C18H16O5. The average Bonchev–Trinajstić information content (AvgIpc) is 2.53. The van der Waals surface area contributed by atoms with Gasteiger partial charge in [0.25, 0.3) is 0 Å². The zero-order valence-corrected chi connectivity index (χ0v) is 12.6. The third-order valence-electron chi connectivity index (χ3n) is 3.77. The lowest BCUT2D eigenvalue weighted by atomic mass is 9.92. The van der Waals surface area contributed by atoms with E-state index in [1.807, 2.05) is 43.3 Å². The van der Waals surface area contributed by atoms with Crippen LogP contribution in [0.1, 0.15) is 36.1 Å². The van der Waals surface area contributed by atoms with Crippen LogP contribution in [0.3, 0.4) is 0 Å². The molecule has 23 heavy (non-hydrogen) atoms. The van der Waals surface area contributed by atoms with E-state index in [1.54, 1.807) is 6.07 Å². The summed E-state index contributed by atoms with van der Waals surface area (Å²) in [6.07, 6.45) is -0.567.